The van der Waals surface area contributed by atoms with E-state index >= 15 is 0 Å². The van der Waals surface area contributed by atoms with E-state index < -0.39 is 0 Å². The summed E-state index contributed by atoms with van der Waals surface area (Å²) in [7, 11) is 0. The van der Waals surface area contributed by atoms with Gasteiger partial charge in [0.2, 0.25) is 0 Å². The highest BCUT2D eigenvalue weighted by atomic mass is 16.3. The number of benzene rings is 2. The van der Waals surface area contributed by atoms with Crippen molar-refractivity contribution < 1.29 is 5.11 Å². The summed E-state index contributed by atoms with van der Waals surface area (Å²) in [5.74, 6) is 0. The Bertz CT molecular complexity index is 584. The Balaban J connectivity index is 1.78. The van der Waals surface area contributed by atoms with Gasteiger partial charge in [-0.25, -0.2) is 0 Å². The third-order valence-electron chi connectivity index (χ3n) is 4.68. The maximum absolute atomic E-state index is 10.7. The van der Waals surface area contributed by atoms with Crippen molar-refractivity contribution in [2.75, 3.05) is 0 Å². The molecule has 0 bridgehead atoms. The molecule has 4 rings (SSSR count). The normalized spacial score (nSPS) is 23.1. The van der Waals surface area contributed by atoms with Crippen LogP contribution in [0.2, 0.25) is 0 Å². The van der Waals surface area contributed by atoms with Gasteiger partial charge in [-0.1, -0.05) is 48.5 Å². The molecule has 1 heteroatoms. The smallest absolute Gasteiger partial charge is 0.0858 e. The molecule has 2 aromatic rings. The largest absolute Gasteiger partial charge is 0.388 e. The van der Waals surface area contributed by atoms with Crippen LogP contribution < -0.4 is 0 Å². The fourth-order valence-electron chi connectivity index (χ4n) is 3.81. The van der Waals surface area contributed by atoms with Crippen LogP contribution >= 0.6 is 0 Å². The molecule has 1 nitrogen and oxygen atoms in total. The first-order valence-corrected chi connectivity index (χ1v) is 6.61. The lowest BCUT2D eigenvalue weighted by molar-refractivity contribution is 0.0464. The molecule has 2 aliphatic rings. The van der Waals surface area contributed by atoms with Gasteiger partial charge in [0, 0.05) is 5.41 Å². The lowest BCUT2D eigenvalue weighted by atomic mass is 9.79. The van der Waals surface area contributed by atoms with Crippen LogP contribution in [-0.2, 0) is 19.3 Å². The Morgan fingerprint density at radius 2 is 1.28 bits per heavy atom. The summed E-state index contributed by atoms with van der Waals surface area (Å²) in [6.07, 6.45) is 2.73. The molecule has 18 heavy (non-hydrogen) atoms. The van der Waals surface area contributed by atoms with Gasteiger partial charge in [0.25, 0.3) is 0 Å². The van der Waals surface area contributed by atoms with Crippen LogP contribution in [-0.4, -0.2) is 5.11 Å². The molecular formula is C17H16O. The lowest BCUT2D eigenvalue weighted by Crippen LogP contribution is -2.26. The molecule has 0 saturated heterocycles. The second-order valence-electron chi connectivity index (χ2n) is 5.76. The predicted molar refractivity (Wildman–Crippen MR) is 71.4 cm³/mol. The minimum Gasteiger partial charge on any atom is -0.388 e. The second-order valence-corrected chi connectivity index (χ2v) is 5.76. The quantitative estimate of drug-likeness (QED) is 0.745. The SMILES string of the molecule is O[C@H]1c2ccccc2CC12Cc1ccccc1C2. The van der Waals surface area contributed by atoms with Crippen molar-refractivity contribution in [3.63, 3.8) is 0 Å². The van der Waals surface area contributed by atoms with Crippen molar-refractivity contribution in [3.8, 4) is 0 Å². The standard InChI is InChI=1S/C17H16O/c18-16-15-8-4-3-7-14(15)11-17(16)9-12-5-1-2-6-13(12)10-17/h1-8,16,18H,9-11H2/t16-/m0/s1. The molecule has 0 amide bonds. The molecule has 90 valence electrons. The van der Waals surface area contributed by atoms with E-state index in [1.165, 1.54) is 16.7 Å². The Morgan fingerprint density at radius 1 is 0.778 bits per heavy atom. The highest BCUT2D eigenvalue weighted by Gasteiger charge is 2.48. The van der Waals surface area contributed by atoms with Gasteiger partial charge in [0.1, 0.15) is 0 Å². The molecule has 1 N–H and O–H groups in total. The summed E-state index contributed by atoms with van der Waals surface area (Å²) >= 11 is 0. The number of aliphatic hydroxyl groups excluding tert-OH is 1. The van der Waals surface area contributed by atoms with Crippen LogP contribution in [0.5, 0.6) is 0 Å². The molecule has 0 unspecified atom stereocenters. The van der Waals surface area contributed by atoms with E-state index in [1.54, 1.807) is 0 Å². The molecule has 1 spiro atoms. The Kier molecular flexibility index (Phi) is 1.98. The first-order chi connectivity index (χ1) is 8.78. The number of rotatable bonds is 0. The van der Waals surface area contributed by atoms with E-state index in [0.717, 1.165) is 24.8 Å². The average Bonchev–Trinajstić information content (AvgIpc) is 2.89. The number of aliphatic hydroxyl groups is 1. The average molecular weight is 236 g/mol. The van der Waals surface area contributed by atoms with Gasteiger partial charge in [-0.05, 0) is 41.5 Å². The van der Waals surface area contributed by atoms with Crippen LogP contribution in [0.3, 0.4) is 0 Å². The summed E-state index contributed by atoms with van der Waals surface area (Å²) in [4.78, 5) is 0. The second kappa shape index (κ2) is 3.46. The van der Waals surface area contributed by atoms with Gasteiger partial charge in [-0.2, -0.15) is 0 Å². The molecule has 2 aliphatic carbocycles. The summed E-state index contributed by atoms with van der Waals surface area (Å²) in [6, 6.07) is 17.0. The van der Waals surface area contributed by atoms with E-state index in [4.69, 9.17) is 0 Å². The zero-order valence-electron chi connectivity index (χ0n) is 10.3. The van der Waals surface area contributed by atoms with Crippen molar-refractivity contribution >= 4 is 0 Å². The van der Waals surface area contributed by atoms with E-state index in [9.17, 15) is 5.11 Å². The minimum absolute atomic E-state index is 0.0212. The van der Waals surface area contributed by atoms with Crippen molar-refractivity contribution in [1.29, 1.82) is 0 Å². The van der Waals surface area contributed by atoms with Gasteiger partial charge in [0.15, 0.2) is 0 Å². The third-order valence-corrected chi connectivity index (χ3v) is 4.68. The highest BCUT2D eigenvalue weighted by Crippen LogP contribution is 2.53. The lowest BCUT2D eigenvalue weighted by Gasteiger charge is -2.27. The summed E-state index contributed by atoms with van der Waals surface area (Å²) < 4.78 is 0. The van der Waals surface area contributed by atoms with E-state index in [0.29, 0.717) is 0 Å². The molecule has 0 aromatic heterocycles. The van der Waals surface area contributed by atoms with Crippen molar-refractivity contribution in [1.82, 2.24) is 0 Å². The maximum atomic E-state index is 10.7. The number of hydrogen-bond donors (Lipinski definition) is 1. The van der Waals surface area contributed by atoms with Crippen LogP contribution in [0.15, 0.2) is 48.5 Å². The van der Waals surface area contributed by atoms with E-state index in [-0.39, 0.29) is 11.5 Å². The fraction of sp³-hybridized carbons (Fsp3) is 0.294. The van der Waals surface area contributed by atoms with Gasteiger partial charge < -0.3 is 5.11 Å². The fourth-order valence-corrected chi connectivity index (χ4v) is 3.81. The van der Waals surface area contributed by atoms with E-state index in [2.05, 4.69) is 42.5 Å². The van der Waals surface area contributed by atoms with Gasteiger partial charge in [-0.15, -0.1) is 0 Å². The monoisotopic (exact) mass is 236 g/mol. The Labute approximate surface area is 107 Å². The Morgan fingerprint density at radius 3 is 1.89 bits per heavy atom. The van der Waals surface area contributed by atoms with Crippen molar-refractivity contribution in [3.05, 3.63) is 70.8 Å². The predicted octanol–water partition coefficient (Wildman–Crippen LogP) is 3.06. The van der Waals surface area contributed by atoms with Crippen LogP contribution in [0.25, 0.3) is 0 Å². The topological polar surface area (TPSA) is 20.2 Å². The molecule has 1 atom stereocenters. The zero-order chi connectivity index (χ0) is 12.2. The molecule has 0 heterocycles. The molecule has 2 aromatic carbocycles. The maximum Gasteiger partial charge on any atom is 0.0858 e. The highest BCUT2D eigenvalue weighted by molar-refractivity contribution is 5.43. The van der Waals surface area contributed by atoms with Crippen molar-refractivity contribution in [2.45, 2.75) is 25.4 Å². The van der Waals surface area contributed by atoms with Crippen LogP contribution in [0.4, 0.5) is 0 Å². The first kappa shape index (κ1) is 10.3. The minimum atomic E-state index is -0.305. The number of fused-ring (bicyclic) bond motifs is 2. The Hall–Kier alpha value is -1.60. The molecule has 0 fully saturated rings. The van der Waals surface area contributed by atoms with Gasteiger partial charge in [-0.3, -0.25) is 0 Å². The van der Waals surface area contributed by atoms with E-state index in [1.807, 2.05) is 6.07 Å². The van der Waals surface area contributed by atoms with Gasteiger partial charge >= 0.3 is 0 Å². The van der Waals surface area contributed by atoms with Crippen LogP contribution in [0.1, 0.15) is 28.4 Å². The summed E-state index contributed by atoms with van der Waals surface area (Å²) in [6.45, 7) is 0. The van der Waals surface area contributed by atoms with Crippen molar-refractivity contribution in [2.24, 2.45) is 5.41 Å². The third kappa shape index (κ3) is 1.25. The van der Waals surface area contributed by atoms with Crippen LogP contribution in [0, 0.1) is 5.41 Å². The number of hydrogen-bond acceptors (Lipinski definition) is 1. The van der Waals surface area contributed by atoms with Gasteiger partial charge in [0.05, 0.1) is 6.10 Å². The molecule has 0 saturated carbocycles. The summed E-state index contributed by atoms with van der Waals surface area (Å²) in [5, 5.41) is 10.7. The summed E-state index contributed by atoms with van der Waals surface area (Å²) in [5.41, 5.74) is 5.34. The molecule has 0 aliphatic heterocycles. The zero-order valence-corrected chi connectivity index (χ0v) is 10.3. The first-order valence-electron chi connectivity index (χ1n) is 6.61. The molecule has 0 radical (unpaired) electrons. The molecular weight excluding hydrogens is 220 g/mol.